The van der Waals surface area contributed by atoms with Crippen LogP contribution in [-0.4, -0.2) is 29.7 Å². The summed E-state index contributed by atoms with van der Waals surface area (Å²) in [5.74, 6) is 0.179. The van der Waals surface area contributed by atoms with Gasteiger partial charge in [0.05, 0.1) is 5.33 Å². The topological polar surface area (TPSA) is 20.3 Å². The smallest absolute Gasteiger partial charge is 0.232 e. The third-order valence-corrected chi connectivity index (χ3v) is 2.87. The maximum absolute atomic E-state index is 11.2. The summed E-state index contributed by atoms with van der Waals surface area (Å²) in [6.45, 7) is 3.12. The first kappa shape index (κ1) is 13.9. The molecule has 0 aromatic carbocycles. The highest BCUT2D eigenvalue weighted by Gasteiger charge is 2.04. The van der Waals surface area contributed by atoms with E-state index in [4.69, 9.17) is 0 Å². The van der Waals surface area contributed by atoms with Gasteiger partial charge < -0.3 is 4.90 Å². The largest absolute Gasteiger partial charge is 0.345 e. The van der Waals surface area contributed by atoms with Gasteiger partial charge in [-0.25, -0.2) is 0 Å². The number of amides is 1. The molecular formula is C11H22BrNO. The fourth-order valence-electron chi connectivity index (χ4n) is 1.36. The summed E-state index contributed by atoms with van der Waals surface area (Å²) >= 11 is 3.17. The SMILES string of the molecule is CCCCCCCCN(C)C(=O)CBr. The Morgan fingerprint density at radius 2 is 1.71 bits per heavy atom. The second-order valence-corrected chi connectivity index (χ2v) is 4.28. The lowest BCUT2D eigenvalue weighted by Crippen LogP contribution is -2.28. The van der Waals surface area contributed by atoms with Crippen molar-refractivity contribution in [2.24, 2.45) is 0 Å². The first-order chi connectivity index (χ1) is 6.72. The van der Waals surface area contributed by atoms with Crippen LogP contribution in [0.5, 0.6) is 0 Å². The third kappa shape index (κ3) is 7.36. The van der Waals surface area contributed by atoms with Crippen molar-refractivity contribution < 1.29 is 4.79 Å². The third-order valence-electron chi connectivity index (χ3n) is 2.39. The van der Waals surface area contributed by atoms with Crippen molar-refractivity contribution in [2.75, 3.05) is 18.9 Å². The molecule has 0 aromatic rings. The molecule has 0 spiro atoms. The number of rotatable bonds is 8. The molecule has 0 N–H and O–H groups in total. The van der Waals surface area contributed by atoms with Gasteiger partial charge in [-0.2, -0.15) is 0 Å². The van der Waals surface area contributed by atoms with Crippen LogP contribution in [0.15, 0.2) is 0 Å². The highest BCUT2D eigenvalue weighted by Crippen LogP contribution is 2.05. The van der Waals surface area contributed by atoms with Gasteiger partial charge in [0, 0.05) is 13.6 Å². The van der Waals surface area contributed by atoms with E-state index in [1.54, 1.807) is 4.90 Å². The fraction of sp³-hybridized carbons (Fsp3) is 0.909. The van der Waals surface area contributed by atoms with Crippen LogP contribution in [0, 0.1) is 0 Å². The zero-order valence-corrected chi connectivity index (χ0v) is 11.0. The maximum atomic E-state index is 11.2. The molecule has 0 aliphatic carbocycles. The molecule has 0 heterocycles. The van der Waals surface area contributed by atoms with Gasteiger partial charge in [-0.05, 0) is 6.42 Å². The lowest BCUT2D eigenvalue weighted by Gasteiger charge is -2.15. The molecule has 0 fully saturated rings. The molecular weight excluding hydrogens is 242 g/mol. The standard InChI is InChI=1S/C11H22BrNO/c1-3-4-5-6-7-8-9-13(2)11(14)10-12/h3-10H2,1-2H3. The quantitative estimate of drug-likeness (QED) is 0.487. The molecule has 0 bridgehead atoms. The Hall–Kier alpha value is -0.0500. The summed E-state index contributed by atoms with van der Waals surface area (Å²) in [6, 6.07) is 0. The minimum absolute atomic E-state index is 0.179. The van der Waals surface area contributed by atoms with Crippen molar-refractivity contribution in [1.82, 2.24) is 4.90 Å². The van der Waals surface area contributed by atoms with E-state index in [1.165, 1.54) is 32.1 Å². The van der Waals surface area contributed by atoms with E-state index < -0.39 is 0 Å². The van der Waals surface area contributed by atoms with Crippen LogP contribution >= 0.6 is 15.9 Å². The Balaban J connectivity index is 3.23. The number of carbonyl (C=O) groups is 1. The van der Waals surface area contributed by atoms with E-state index in [1.807, 2.05) is 7.05 Å². The zero-order valence-electron chi connectivity index (χ0n) is 9.39. The molecule has 0 aliphatic heterocycles. The Morgan fingerprint density at radius 3 is 2.29 bits per heavy atom. The number of hydrogen-bond acceptors (Lipinski definition) is 1. The molecule has 14 heavy (non-hydrogen) atoms. The Bertz CT molecular complexity index is 150. The number of halogens is 1. The zero-order chi connectivity index (χ0) is 10.8. The molecule has 0 aliphatic rings. The summed E-state index contributed by atoms with van der Waals surface area (Å²) in [6.07, 6.45) is 7.67. The molecule has 0 rings (SSSR count). The van der Waals surface area contributed by atoms with Crippen LogP contribution in [0.3, 0.4) is 0 Å². The van der Waals surface area contributed by atoms with Gasteiger partial charge in [-0.3, -0.25) is 4.79 Å². The molecule has 3 heteroatoms. The van der Waals surface area contributed by atoms with Gasteiger partial charge in [0.25, 0.3) is 0 Å². The molecule has 2 nitrogen and oxygen atoms in total. The van der Waals surface area contributed by atoms with E-state index in [9.17, 15) is 4.79 Å². The monoisotopic (exact) mass is 263 g/mol. The summed E-state index contributed by atoms with van der Waals surface area (Å²) < 4.78 is 0. The Morgan fingerprint density at radius 1 is 1.14 bits per heavy atom. The Kier molecular flexibility index (Phi) is 9.47. The molecule has 0 saturated carbocycles. The van der Waals surface area contributed by atoms with E-state index in [0.717, 1.165) is 13.0 Å². The lowest BCUT2D eigenvalue weighted by atomic mass is 10.1. The van der Waals surface area contributed by atoms with Gasteiger partial charge in [-0.1, -0.05) is 55.0 Å². The molecule has 0 saturated heterocycles. The number of nitrogens with zero attached hydrogens (tertiary/aromatic N) is 1. The second-order valence-electron chi connectivity index (χ2n) is 3.72. The van der Waals surface area contributed by atoms with Gasteiger partial charge in [-0.15, -0.1) is 0 Å². The van der Waals surface area contributed by atoms with Crippen molar-refractivity contribution in [3.8, 4) is 0 Å². The fourth-order valence-corrected chi connectivity index (χ4v) is 1.78. The second kappa shape index (κ2) is 9.50. The highest BCUT2D eigenvalue weighted by molar-refractivity contribution is 9.09. The van der Waals surface area contributed by atoms with Gasteiger partial charge in [0.2, 0.25) is 5.91 Å². The first-order valence-corrected chi connectivity index (χ1v) is 6.64. The van der Waals surface area contributed by atoms with E-state index in [-0.39, 0.29) is 5.91 Å². The summed E-state index contributed by atoms with van der Waals surface area (Å²) in [7, 11) is 1.87. The average molecular weight is 264 g/mol. The van der Waals surface area contributed by atoms with Gasteiger partial charge >= 0.3 is 0 Å². The molecule has 0 unspecified atom stereocenters. The highest BCUT2D eigenvalue weighted by atomic mass is 79.9. The van der Waals surface area contributed by atoms with E-state index >= 15 is 0 Å². The number of hydrogen-bond donors (Lipinski definition) is 0. The summed E-state index contributed by atoms with van der Waals surface area (Å²) in [4.78, 5) is 13.0. The predicted octanol–water partition coefficient (Wildman–Crippen LogP) is 3.20. The van der Waals surface area contributed by atoms with Crippen LogP contribution in [0.4, 0.5) is 0 Å². The molecule has 84 valence electrons. The van der Waals surface area contributed by atoms with Crippen molar-refractivity contribution in [3.05, 3.63) is 0 Å². The minimum atomic E-state index is 0.179. The van der Waals surface area contributed by atoms with Crippen LogP contribution in [0.25, 0.3) is 0 Å². The maximum Gasteiger partial charge on any atom is 0.232 e. The molecule has 0 radical (unpaired) electrons. The lowest BCUT2D eigenvalue weighted by molar-refractivity contribution is -0.127. The molecule has 0 aromatic heterocycles. The van der Waals surface area contributed by atoms with Gasteiger partial charge in [0.1, 0.15) is 0 Å². The first-order valence-electron chi connectivity index (χ1n) is 5.52. The number of carbonyl (C=O) groups excluding carboxylic acids is 1. The van der Waals surface area contributed by atoms with Crippen LogP contribution in [0.1, 0.15) is 45.4 Å². The number of unbranched alkanes of at least 4 members (excludes halogenated alkanes) is 5. The van der Waals surface area contributed by atoms with Crippen LogP contribution < -0.4 is 0 Å². The summed E-state index contributed by atoms with van der Waals surface area (Å²) in [5, 5.41) is 0.444. The van der Waals surface area contributed by atoms with Crippen molar-refractivity contribution >= 4 is 21.8 Å². The van der Waals surface area contributed by atoms with Crippen molar-refractivity contribution in [3.63, 3.8) is 0 Å². The van der Waals surface area contributed by atoms with Crippen molar-refractivity contribution in [2.45, 2.75) is 45.4 Å². The van der Waals surface area contributed by atoms with Crippen molar-refractivity contribution in [1.29, 1.82) is 0 Å². The molecule has 0 atom stereocenters. The van der Waals surface area contributed by atoms with Gasteiger partial charge in [0.15, 0.2) is 0 Å². The number of alkyl halides is 1. The molecule has 1 amide bonds. The Labute approximate surface area is 96.2 Å². The summed E-state index contributed by atoms with van der Waals surface area (Å²) in [5.41, 5.74) is 0. The van der Waals surface area contributed by atoms with E-state index in [0.29, 0.717) is 5.33 Å². The normalized spacial score (nSPS) is 10.2. The predicted molar refractivity (Wildman–Crippen MR) is 64.8 cm³/mol. The van der Waals surface area contributed by atoms with Crippen LogP contribution in [-0.2, 0) is 4.79 Å². The van der Waals surface area contributed by atoms with E-state index in [2.05, 4.69) is 22.9 Å². The van der Waals surface area contributed by atoms with Crippen LogP contribution in [0.2, 0.25) is 0 Å². The average Bonchev–Trinajstić information content (AvgIpc) is 2.21. The minimum Gasteiger partial charge on any atom is -0.345 e.